The Morgan fingerprint density at radius 3 is 2.78 bits per heavy atom. The predicted molar refractivity (Wildman–Crippen MR) is 62.2 cm³/mol. The van der Waals surface area contributed by atoms with Gasteiger partial charge in [-0.25, -0.2) is 9.97 Å². The van der Waals surface area contributed by atoms with E-state index in [2.05, 4.69) is 25.9 Å². The van der Waals surface area contributed by atoms with Crippen molar-refractivity contribution in [3.8, 4) is 0 Å². The third-order valence-electron chi connectivity index (χ3n) is 2.68. The lowest BCUT2D eigenvalue weighted by molar-refractivity contribution is -0.141. The topological polar surface area (TPSA) is 49.2 Å². The number of β-amino-alcohol motifs (C(OH)–C–C–N with tert-alkyl or cyclic N) is 1. The molecule has 0 amide bonds. The summed E-state index contributed by atoms with van der Waals surface area (Å²) in [6.45, 7) is 0.814. The SMILES string of the molecule is OC1CCCN(c2ncc(Br)c(C(F)(F)F)n2)C1. The van der Waals surface area contributed by atoms with E-state index in [-0.39, 0.29) is 17.0 Å². The fourth-order valence-corrected chi connectivity index (χ4v) is 2.26. The second-order valence-electron chi connectivity index (χ2n) is 4.11. The van der Waals surface area contributed by atoms with E-state index < -0.39 is 18.0 Å². The molecule has 1 aliphatic rings. The van der Waals surface area contributed by atoms with Gasteiger partial charge in [-0.15, -0.1) is 0 Å². The smallest absolute Gasteiger partial charge is 0.391 e. The number of anilines is 1. The van der Waals surface area contributed by atoms with Gasteiger partial charge in [0.25, 0.3) is 0 Å². The van der Waals surface area contributed by atoms with E-state index in [0.29, 0.717) is 19.4 Å². The first kappa shape index (κ1) is 13.5. The maximum absolute atomic E-state index is 12.7. The van der Waals surface area contributed by atoms with Crippen molar-refractivity contribution in [2.24, 2.45) is 0 Å². The zero-order valence-electron chi connectivity index (χ0n) is 9.28. The minimum Gasteiger partial charge on any atom is -0.391 e. The number of hydrogen-bond donors (Lipinski definition) is 1. The number of aliphatic hydroxyl groups is 1. The van der Waals surface area contributed by atoms with Gasteiger partial charge in [0.2, 0.25) is 5.95 Å². The van der Waals surface area contributed by atoms with Crippen LogP contribution >= 0.6 is 15.9 Å². The summed E-state index contributed by atoms with van der Waals surface area (Å²) in [5.74, 6) is 0.00396. The Hall–Kier alpha value is -0.890. The van der Waals surface area contributed by atoms with Crippen molar-refractivity contribution in [2.75, 3.05) is 18.0 Å². The highest BCUT2D eigenvalue weighted by Crippen LogP contribution is 2.34. The minimum absolute atomic E-state index is 0.00396. The molecule has 0 radical (unpaired) electrons. The highest BCUT2D eigenvalue weighted by atomic mass is 79.9. The van der Waals surface area contributed by atoms with Crippen LogP contribution in [-0.4, -0.2) is 34.3 Å². The van der Waals surface area contributed by atoms with E-state index in [0.717, 1.165) is 6.20 Å². The lowest BCUT2D eigenvalue weighted by Crippen LogP contribution is -2.39. The molecule has 2 rings (SSSR count). The number of alkyl halides is 3. The molecule has 1 aliphatic heterocycles. The Morgan fingerprint density at radius 1 is 1.44 bits per heavy atom. The molecule has 1 fully saturated rings. The van der Waals surface area contributed by atoms with Gasteiger partial charge >= 0.3 is 6.18 Å². The Kier molecular flexibility index (Phi) is 3.76. The van der Waals surface area contributed by atoms with Crippen molar-refractivity contribution < 1.29 is 18.3 Å². The minimum atomic E-state index is -4.52. The number of hydrogen-bond acceptors (Lipinski definition) is 4. The molecule has 1 atom stereocenters. The predicted octanol–water partition coefficient (Wildman–Crippen LogP) is 2.22. The second-order valence-corrected chi connectivity index (χ2v) is 4.96. The fourth-order valence-electron chi connectivity index (χ4n) is 1.85. The molecule has 2 heterocycles. The van der Waals surface area contributed by atoms with Crippen LogP contribution in [0.1, 0.15) is 18.5 Å². The summed E-state index contributed by atoms with van der Waals surface area (Å²) in [6.07, 6.45) is -2.61. The van der Waals surface area contributed by atoms with E-state index in [1.807, 2.05) is 0 Å². The molecule has 0 spiro atoms. The van der Waals surface area contributed by atoms with Gasteiger partial charge in [0.15, 0.2) is 5.69 Å². The summed E-state index contributed by atoms with van der Waals surface area (Å²) in [7, 11) is 0. The van der Waals surface area contributed by atoms with Crippen LogP contribution in [0, 0.1) is 0 Å². The van der Waals surface area contributed by atoms with E-state index in [1.165, 1.54) is 0 Å². The average molecular weight is 326 g/mol. The van der Waals surface area contributed by atoms with Gasteiger partial charge in [0, 0.05) is 19.3 Å². The summed E-state index contributed by atoms with van der Waals surface area (Å²) in [6, 6.07) is 0. The number of nitrogens with zero attached hydrogens (tertiary/aromatic N) is 3. The van der Waals surface area contributed by atoms with Gasteiger partial charge in [-0.2, -0.15) is 13.2 Å². The van der Waals surface area contributed by atoms with Crippen LogP contribution in [0.2, 0.25) is 0 Å². The van der Waals surface area contributed by atoms with Crippen LogP contribution < -0.4 is 4.90 Å². The molecule has 1 saturated heterocycles. The molecule has 1 unspecified atom stereocenters. The van der Waals surface area contributed by atoms with Crippen molar-refractivity contribution in [1.29, 1.82) is 0 Å². The lowest BCUT2D eigenvalue weighted by atomic mass is 10.1. The molecule has 1 N–H and O–H groups in total. The van der Waals surface area contributed by atoms with Gasteiger partial charge in [0.1, 0.15) is 0 Å². The molecular formula is C10H11BrF3N3O. The lowest BCUT2D eigenvalue weighted by Gasteiger charge is -2.30. The summed E-state index contributed by atoms with van der Waals surface area (Å²) in [4.78, 5) is 8.97. The quantitative estimate of drug-likeness (QED) is 0.860. The van der Waals surface area contributed by atoms with Gasteiger partial charge < -0.3 is 10.0 Å². The normalized spacial score (nSPS) is 21.2. The van der Waals surface area contributed by atoms with Crippen LogP contribution in [0.5, 0.6) is 0 Å². The van der Waals surface area contributed by atoms with Crippen LogP contribution in [0.3, 0.4) is 0 Å². The van der Waals surface area contributed by atoms with Crippen LogP contribution in [-0.2, 0) is 6.18 Å². The number of aliphatic hydroxyl groups excluding tert-OH is 1. The highest BCUT2D eigenvalue weighted by Gasteiger charge is 2.36. The molecule has 18 heavy (non-hydrogen) atoms. The first-order valence-electron chi connectivity index (χ1n) is 5.40. The molecule has 4 nitrogen and oxygen atoms in total. The molecule has 1 aromatic heterocycles. The molecule has 1 aromatic rings. The number of aromatic nitrogens is 2. The summed E-state index contributed by atoms with van der Waals surface area (Å²) >= 11 is 2.79. The summed E-state index contributed by atoms with van der Waals surface area (Å²) in [5, 5.41) is 9.50. The van der Waals surface area contributed by atoms with Crippen LogP contribution in [0.15, 0.2) is 10.7 Å². The number of halogens is 4. The zero-order valence-corrected chi connectivity index (χ0v) is 10.9. The standard InChI is InChI=1S/C10H11BrF3N3O/c11-7-4-15-9(16-8(7)10(12,13)14)17-3-1-2-6(18)5-17/h4,6,18H,1-3,5H2. The molecule has 0 saturated carbocycles. The van der Waals surface area contributed by atoms with Crippen LogP contribution in [0.4, 0.5) is 19.1 Å². The van der Waals surface area contributed by atoms with Crippen LogP contribution in [0.25, 0.3) is 0 Å². The Bertz CT molecular complexity index is 441. The van der Waals surface area contributed by atoms with E-state index in [9.17, 15) is 18.3 Å². The maximum Gasteiger partial charge on any atom is 0.434 e. The van der Waals surface area contributed by atoms with Gasteiger partial charge in [-0.3, -0.25) is 0 Å². The molecule has 0 bridgehead atoms. The number of piperidine rings is 1. The van der Waals surface area contributed by atoms with Gasteiger partial charge in [0.05, 0.1) is 10.6 Å². The van der Waals surface area contributed by atoms with E-state index >= 15 is 0 Å². The summed E-state index contributed by atoms with van der Waals surface area (Å²) < 4.78 is 37.9. The summed E-state index contributed by atoms with van der Waals surface area (Å²) in [5.41, 5.74) is -0.993. The Balaban J connectivity index is 2.29. The Labute approximate surface area is 110 Å². The number of rotatable bonds is 1. The largest absolute Gasteiger partial charge is 0.434 e. The zero-order chi connectivity index (χ0) is 13.3. The van der Waals surface area contributed by atoms with Crippen molar-refractivity contribution >= 4 is 21.9 Å². The maximum atomic E-state index is 12.7. The molecular weight excluding hydrogens is 315 g/mol. The van der Waals surface area contributed by atoms with E-state index in [1.54, 1.807) is 4.90 Å². The molecule has 8 heteroatoms. The highest BCUT2D eigenvalue weighted by molar-refractivity contribution is 9.10. The fraction of sp³-hybridized carbons (Fsp3) is 0.600. The molecule has 0 aromatic carbocycles. The van der Waals surface area contributed by atoms with Gasteiger partial charge in [-0.05, 0) is 28.8 Å². The first-order chi connectivity index (χ1) is 8.38. The van der Waals surface area contributed by atoms with Crippen molar-refractivity contribution in [3.63, 3.8) is 0 Å². The van der Waals surface area contributed by atoms with Crippen molar-refractivity contribution in [3.05, 3.63) is 16.4 Å². The second kappa shape index (κ2) is 5.00. The molecule has 100 valence electrons. The Morgan fingerprint density at radius 2 is 2.17 bits per heavy atom. The third-order valence-corrected chi connectivity index (χ3v) is 3.26. The first-order valence-corrected chi connectivity index (χ1v) is 6.20. The van der Waals surface area contributed by atoms with E-state index in [4.69, 9.17) is 0 Å². The van der Waals surface area contributed by atoms with Crippen molar-refractivity contribution in [1.82, 2.24) is 9.97 Å². The van der Waals surface area contributed by atoms with Gasteiger partial charge in [-0.1, -0.05) is 0 Å². The van der Waals surface area contributed by atoms with Crippen molar-refractivity contribution in [2.45, 2.75) is 25.1 Å². The average Bonchev–Trinajstić information content (AvgIpc) is 2.28. The molecule has 0 aliphatic carbocycles. The third kappa shape index (κ3) is 2.92. The monoisotopic (exact) mass is 325 g/mol.